The quantitative estimate of drug-likeness (QED) is 0.889. The molecule has 0 aliphatic carbocycles. The van der Waals surface area contributed by atoms with E-state index in [1.54, 1.807) is 13.3 Å². The number of hydrogen-bond acceptors (Lipinski definition) is 7. The summed E-state index contributed by atoms with van der Waals surface area (Å²) < 4.78 is 16.9. The molecule has 4 N–H and O–H groups in total. The van der Waals surface area contributed by atoms with Gasteiger partial charge in [0.25, 0.3) is 0 Å². The Morgan fingerprint density at radius 2 is 2.00 bits per heavy atom. The molecule has 2 aromatic rings. The van der Waals surface area contributed by atoms with Crippen molar-refractivity contribution in [3.63, 3.8) is 0 Å². The molecular formula is C15H18N4O3. The van der Waals surface area contributed by atoms with Gasteiger partial charge in [0, 0.05) is 32.0 Å². The second kappa shape index (κ2) is 4.94. The Bertz CT molecular complexity index is 731. The molecule has 0 atom stereocenters. The van der Waals surface area contributed by atoms with Crippen molar-refractivity contribution in [3.05, 3.63) is 29.5 Å². The number of methoxy groups -OCH3 is 1. The number of aromatic nitrogens is 2. The first-order chi connectivity index (χ1) is 10.4. The van der Waals surface area contributed by atoms with Gasteiger partial charge in [-0.15, -0.1) is 0 Å². The second-order valence-corrected chi connectivity index (χ2v) is 5.54. The molecular weight excluding hydrogens is 284 g/mol. The molecule has 0 fully saturated rings. The Hall–Kier alpha value is -2.70. The lowest BCUT2D eigenvalue weighted by atomic mass is 10.1. The van der Waals surface area contributed by atoms with E-state index in [0.29, 0.717) is 29.5 Å². The zero-order valence-corrected chi connectivity index (χ0v) is 12.7. The third-order valence-electron chi connectivity index (χ3n) is 3.32. The van der Waals surface area contributed by atoms with Crippen LogP contribution in [0.25, 0.3) is 0 Å². The Morgan fingerprint density at radius 3 is 2.68 bits per heavy atom. The molecule has 0 radical (unpaired) electrons. The molecule has 1 aliphatic heterocycles. The van der Waals surface area contributed by atoms with Gasteiger partial charge in [0.15, 0.2) is 11.5 Å². The molecule has 1 aliphatic rings. The topological polar surface area (TPSA) is 106 Å². The van der Waals surface area contributed by atoms with Gasteiger partial charge in [0.1, 0.15) is 5.82 Å². The molecule has 7 nitrogen and oxygen atoms in total. The van der Waals surface area contributed by atoms with E-state index in [-0.39, 0.29) is 5.95 Å². The summed E-state index contributed by atoms with van der Waals surface area (Å²) in [5, 5.41) is 0. The Kier molecular flexibility index (Phi) is 3.20. The van der Waals surface area contributed by atoms with Crippen LogP contribution in [0.1, 0.15) is 25.0 Å². The molecule has 3 rings (SSSR count). The van der Waals surface area contributed by atoms with Crippen LogP contribution in [-0.4, -0.2) is 22.9 Å². The molecule has 2 heterocycles. The molecule has 0 spiro atoms. The smallest absolute Gasteiger partial charge is 0.246 e. The molecule has 0 saturated carbocycles. The van der Waals surface area contributed by atoms with Crippen LogP contribution in [0, 0.1) is 0 Å². The third kappa shape index (κ3) is 2.57. The van der Waals surface area contributed by atoms with Crippen LogP contribution < -0.4 is 25.7 Å². The number of rotatable bonds is 3. The molecule has 7 heteroatoms. The normalized spacial score (nSPS) is 14.9. The summed E-state index contributed by atoms with van der Waals surface area (Å²) >= 11 is 0. The molecule has 22 heavy (non-hydrogen) atoms. The molecule has 0 bridgehead atoms. The van der Waals surface area contributed by atoms with Gasteiger partial charge in [-0.05, 0) is 17.7 Å². The average Bonchev–Trinajstić information content (AvgIpc) is 2.75. The number of fused-ring (bicyclic) bond motifs is 1. The zero-order valence-electron chi connectivity index (χ0n) is 12.7. The molecule has 0 amide bonds. The highest BCUT2D eigenvalue weighted by Gasteiger charge is 2.34. The molecule has 0 saturated heterocycles. The molecule has 1 aromatic heterocycles. The fourth-order valence-electron chi connectivity index (χ4n) is 2.38. The number of ether oxygens (including phenoxy) is 3. The summed E-state index contributed by atoms with van der Waals surface area (Å²) in [6, 6.07) is 3.79. The highest BCUT2D eigenvalue weighted by Crippen LogP contribution is 2.46. The number of nitrogen functional groups attached to an aromatic ring is 2. The van der Waals surface area contributed by atoms with Crippen LogP contribution in [0.5, 0.6) is 17.2 Å². The van der Waals surface area contributed by atoms with E-state index in [9.17, 15) is 0 Å². The summed E-state index contributed by atoms with van der Waals surface area (Å²) in [7, 11) is 1.59. The van der Waals surface area contributed by atoms with Crippen LogP contribution in [-0.2, 0) is 6.42 Å². The van der Waals surface area contributed by atoms with E-state index >= 15 is 0 Å². The standard InChI is InChI=1S/C15H18N4O3/c1-15(2)21-11-6-8(5-10(20-3)12(11)22-15)4-9-7-18-14(17)19-13(9)16/h5-7H,4H2,1-3H3,(H4,16,17,18,19). The lowest BCUT2D eigenvalue weighted by Crippen LogP contribution is -2.29. The van der Waals surface area contributed by atoms with Gasteiger partial charge >= 0.3 is 0 Å². The summed E-state index contributed by atoms with van der Waals surface area (Å²) in [5.41, 5.74) is 13.1. The van der Waals surface area contributed by atoms with Crippen molar-refractivity contribution in [1.29, 1.82) is 0 Å². The van der Waals surface area contributed by atoms with Gasteiger partial charge < -0.3 is 25.7 Å². The first-order valence-corrected chi connectivity index (χ1v) is 6.84. The largest absolute Gasteiger partial charge is 0.493 e. The predicted molar refractivity (Wildman–Crippen MR) is 82.0 cm³/mol. The number of benzene rings is 1. The van der Waals surface area contributed by atoms with Crippen LogP contribution in [0.3, 0.4) is 0 Å². The van der Waals surface area contributed by atoms with Gasteiger partial charge in [-0.2, -0.15) is 4.98 Å². The predicted octanol–water partition coefficient (Wildman–Crippen LogP) is 1.75. The summed E-state index contributed by atoms with van der Waals surface area (Å²) in [6.07, 6.45) is 2.16. The monoisotopic (exact) mass is 302 g/mol. The first-order valence-electron chi connectivity index (χ1n) is 6.84. The van der Waals surface area contributed by atoms with Gasteiger partial charge in [0.05, 0.1) is 7.11 Å². The van der Waals surface area contributed by atoms with Crippen molar-refractivity contribution in [1.82, 2.24) is 9.97 Å². The van der Waals surface area contributed by atoms with Gasteiger partial charge in [-0.25, -0.2) is 4.98 Å². The second-order valence-electron chi connectivity index (χ2n) is 5.54. The maximum Gasteiger partial charge on any atom is 0.246 e. The van der Waals surface area contributed by atoms with E-state index in [0.717, 1.165) is 11.1 Å². The lowest BCUT2D eigenvalue weighted by molar-refractivity contribution is -0.0439. The number of nitrogens with zero attached hydrogens (tertiary/aromatic N) is 2. The zero-order chi connectivity index (χ0) is 15.9. The van der Waals surface area contributed by atoms with Crippen molar-refractivity contribution in [2.75, 3.05) is 18.6 Å². The van der Waals surface area contributed by atoms with Crippen LogP contribution in [0.4, 0.5) is 11.8 Å². The van der Waals surface area contributed by atoms with E-state index in [1.807, 2.05) is 26.0 Å². The fraction of sp³-hybridized carbons (Fsp3) is 0.333. The van der Waals surface area contributed by atoms with E-state index in [2.05, 4.69) is 9.97 Å². The SMILES string of the molecule is COc1cc(Cc2cnc(N)nc2N)cc2c1OC(C)(C)O2. The van der Waals surface area contributed by atoms with Crippen molar-refractivity contribution in [2.24, 2.45) is 0 Å². The maximum atomic E-state index is 5.88. The number of nitrogens with two attached hydrogens (primary N) is 2. The van der Waals surface area contributed by atoms with Crippen LogP contribution >= 0.6 is 0 Å². The summed E-state index contributed by atoms with van der Waals surface area (Å²) in [4.78, 5) is 7.94. The van der Waals surface area contributed by atoms with Crippen LogP contribution in [0.15, 0.2) is 18.3 Å². The van der Waals surface area contributed by atoms with Crippen molar-refractivity contribution in [3.8, 4) is 17.2 Å². The van der Waals surface area contributed by atoms with E-state index in [1.165, 1.54) is 0 Å². The molecule has 0 unspecified atom stereocenters. The lowest BCUT2D eigenvalue weighted by Gasteiger charge is -2.16. The Balaban J connectivity index is 1.96. The average molecular weight is 302 g/mol. The summed E-state index contributed by atoms with van der Waals surface area (Å²) in [6.45, 7) is 3.69. The van der Waals surface area contributed by atoms with Gasteiger partial charge in [-0.3, -0.25) is 0 Å². The first kappa shape index (κ1) is 14.2. The fourth-order valence-corrected chi connectivity index (χ4v) is 2.38. The van der Waals surface area contributed by atoms with Gasteiger partial charge in [0.2, 0.25) is 17.5 Å². The minimum atomic E-state index is -0.711. The third-order valence-corrected chi connectivity index (χ3v) is 3.32. The van der Waals surface area contributed by atoms with Crippen molar-refractivity contribution >= 4 is 11.8 Å². The van der Waals surface area contributed by atoms with Gasteiger partial charge in [-0.1, -0.05) is 0 Å². The minimum Gasteiger partial charge on any atom is -0.493 e. The number of anilines is 2. The van der Waals surface area contributed by atoms with Crippen molar-refractivity contribution in [2.45, 2.75) is 26.1 Å². The van der Waals surface area contributed by atoms with E-state index in [4.69, 9.17) is 25.7 Å². The Morgan fingerprint density at radius 1 is 1.23 bits per heavy atom. The van der Waals surface area contributed by atoms with Crippen LogP contribution in [0.2, 0.25) is 0 Å². The molecule has 1 aromatic carbocycles. The highest BCUT2D eigenvalue weighted by atomic mass is 16.7. The minimum absolute atomic E-state index is 0.159. The van der Waals surface area contributed by atoms with Crippen molar-refractivity contribution < 1.29 is 14.2 Å². The van der Waals surface area contributed by atoms with E-state index < -0.39 is 5.79 Å². The number of hydrogen-bond donors (Lipinski definition) is 2. The summed E-state index contributed by atoms with van der Waals surface area (Å²) in [5.74, 6) is 1.69. The molecule has 116 valence electrons. The maximum absolute atomic E-state index is 5.88. The highest BCUT2D eigenvalue weighted by molar-refractivity contribution is 5.57. The Labute approximate surface area is 128 Å².